The molecule has 0 aromatic heterocycles. The van der Waals surface area contributed by atoms with E-state index in [1.807, 2.05) is 31.2 Å². The van der Waals surface area contributed by atoms with Crippen LogP contribution >= 0.6 is 11.8 Å². The molecule has 0 radical (unpaired) electrons. The fourth-order valence-electron chi connectivity index (χ4n) is 3.03. The van der Waals surface area contributed by atoms with Crippen LogP contribution in [0.1, 0.15) is 33.6 Å². The van der Waals surface area contributed by atoms with Gasteiger partial charge in [-0.05, 0) is 70.3 Å². The second-order valence-corrected chi connectivity index (χ2v) is 8.19. The predicted molar refractivity (Wildman–Crippen MR) is 101 cm³/mol. The number of hydrogen-bond acceptors (Lipinski definition) is 4. The molecule has 1 aromatic rings. The average molecular weight is 351 g/mol. The highest BCUT2D eigenvalue weighted by Crippen LogP contribution is 2.25. The molecule has 4 nitrogen and oxygen atoms in total. The largest absolute Gasteiger partial charge is 0.497 e. The number of benzene rings is 1. The summed E-state index contributed by atoms with van der Waals surface area (Å²) in [4.78, 5) is 16.0. The van der Waals surface area contributed by atoms with Gasteiger partial charge in [0.2, 0.25) is 5.91 Å². The van der Waals surface area contributed by atoms with Crippen molar-refractivity contribution in [2.24, 2.45) is 5.92 Å². The van der Waals surface area contributed by atoms with E-state index in [0.29, 0.717) is 12.0 Å². The maximum atomic E-state index is 12.4. The first-order valence-electron chi connectivity index (χ1n) is 8.82. The van der Waals surface area contributed by atoms with Gasteiger partial charge in [-0.25, -0.2) is 0 Å². The minimum Gasteiger partial charge on any atom is -0.497 e. The first-order valence-corrected chi connectivity index (χ1v) is 9.70. The molecule has 24 heavy (non-hydrogen) atoms. The van der Waals surface area contributed by atoms with Crippen molar-refractivity contribution in [3.63, 3.8) is 0 Å². The average Bonchev–Trinajstić information content (AvgIpc) is 2.60. The Balaban J connectivity index is 1.76. The fraction of sp³-hybridized carbons (Fsp3) is 0.632. The standard InChI is InChI=1S/C19H30N2O2S/c1-14(2)21-11-5-6-16(13-21)12-20-19(22)15(3)24-18-9-7-17(23-4)8-10-18/h7-10,14-16H,5-6,11-13H2,1-4H3,(H,20,22)/t15-,16+/m1/s1. The Morgan fingerprint density at radius 2 is 2.04 bits per heavy atom. The minimum absolute atomic E-state index is 0.0943. The van der Waals surface area contributed by atoms with Crippen molar-refractivity contribution in [3.05, 3.63) is 24.3 Å². The summed E-state index contributed by atoms with van der Waals surface area (Å²) in [5.74, 6) is 1.53. The molecule has 0 unspecified atom stereocenters. The maximum Gasteiger partial charge on any atom is 0.233 e. The number of likely N-dealkylation sites (tertiary alicyclic amines) is 1. The lowest BCUT2D eigenvalue weighted by atomic mass is 9.97. The number of carbonyl (C=O) groups is 1. The lowest BCUT2D eigenvalue weighted by Gasteiger charge is -2.35. The molecule has 1 amide bonds. The number of hydrogen-bond donors (Lipinski definition) is 1. The molecule has 1 heterocycles. The third-order valence-electron chi connectivity index (χ3n) is 4.59. The monoisotopic (exact) mass is 350 g/mol. The number of nitrogens with one attached hydrogen (secondary N) is 1. The van der Waals surface area contributed by atoms with Crippen molar-refractivity contribution in [3.8, 4) is 5.75 Å². The first kappa shape index (κ1) is 19.1. The summed E-state index contributed by atoms with van der Waals surface area (Å²) in [6.07, 6.45) is 2.44. The van der Waals surface area contributed by atoms with Crippen LogP contribution in [0.2, 0.25) is 0 Å². The topological polar surface area (TPSA) is 41.6 Å². The van der Waals surface area contributed by atoms with Crippen molar-refractivity contribution < 1.29 is 9.53 Å². The normalized spacial score (nSPS) is 20.0. The molecule has 1 saturated heterocycles. The second kappa shape index (κ2) is 9.33. The van der Waals surface area contributed by atoms with Gasteiger partial charge in [0.15, 0.2) is 0 Å². The van der Waals surface area contributed by atoms with Gasteiger partial charge >= 0.3 is 0 Å². The lowest BCUT2D eigenvalue weighted by Crippen LogP contribution is -2.44. The molecule has 2 rings (SSSR count). The second-order valence-electron chi connectivity index (χ2n) is 6.78. The maximum absolute atomic E-state index is 12.4. The zero-order chi connectivity index (χ0) is 17.5. The van der Waals surface area contributed by atoms with E-state index in [9.17, 15) is 4.79 Å². The van der Waals surface area contributed by atoms with Gasteiger partial charge < -0.3 is 15.0 Å². The van der Waals surface area contributed by atoms with Crippen LogP contribution in [0.3, 0.4) is 0 Å². The molecule has 1 fully saturated rings. The zero-order valence-corrected chi connectivity index (χ0v) is 16.1. The van der Waals surface area contributed by atoms with Crippen LogP contribution < -0.4 is 10.1 Å². The Bertz CT molecular complexity index is 519. The Morgan fingerprint density at radius 1 is 1.33 bits per heavy atom. The van der Waals surface area contributed by atoms with Gasteiger partial charge in [0.25, 0.3) is 0 Å². The molecule has 1 N–H and O–H groups in total. The summed E-state index contributed by atoms with van der Waals surface area (Å²) in [6.45, 7) is 9.52. The summed E-state index contributed by atoms with van der Waals surface area (Å²) in [5, 5.41) is 3.05. The van der Waals surface area contributed by atoms with E-state index in [1.54, 1.807) is 18.9 Å². The SMILES string of the molecule is COc1ccc(S[C@H](C)C(=O)NC[C@@H]2CCCN(C(C)C)C2)cc1. The van der Waals surface area contributed by atoms with Gasteiger partial charge in [0, 0.05) is 24.0 Å². The van der Waals surface area contributed by atoms with E-state index in [2.05, 4.69) is 24.1 Å². The van der Waals surface area contributed by atoms with Crippen molar-refractivity contribution in [1.29, 1.82) is 0 Å². The number of rotatable bonds is 7. The highest BCUT2D eigenvalue weighted by atomic mass is 32.2. The van der Waals surface area contributed by atoms with Crippen LogP contribution in [0.4, 0.5) is 0 Å². The number of ether oxygens (including phenoxy) is 1. The predicted octanol–water partition coefficient (Wildman–Crippen LogP) is 3.41. The van der Waals surface area contributed by atoms with E-state index in [0.717, 1.165) is 23.7 Å². The van der Waals surface area contributed by atoms with E-state index in [1.165, 1.54) is 19.4 Å². The van der Waals surface area contributed by atoms with Gasteiger partial charge in [-0.3, -0.25) is 4.79 Å². The van der Waals surface area contributed by atoms with Crippen LogP contribution in [-0.2, 0) is 4.79 Å². The number of carbonyl (C=O) groups excluding carboxylic acids is 1. The first-order chi connectivity index (χ1) is 11.5. The third kappa shape index (κ3) is 5.71. The summed E-state index contributed by atoms with van der Waals surface area (Å²) in [7, 11) is 1.66. The molecule has 134 valence electrons. The quantitative estimate of drug-likeness (QED) is 0.765. The Labute approximate surface area is 150 Å². The van der Waals surface area contributed by atoms with E-state index < -0.39 is 0 Å². The van der Waals surface area contributed by atoms with E-state index in [-0.39, 0.29) is 11.2 Å². The van der Waals surface area contributed by atoms with E-state index >= 15 is 0 Å². The summed E-state index contributed by atoms with van der Waals surface area (Å²) in [6, 6.07) is 8.43. The van der Waals surface area contributed by atoms with Crippen molar-refractivity contribution in [2.45, 2.75) is 49.8 Å². The molecule has 0 saturated carbocycles. The van der Waals surface area contributed by atoms with Crippen molar-refractivity contribution in [1.82, 2.24) is 10.2 Å². The molecule has 1 aliphatic rings. The van der Waals surface area contributed by atoms with Crippen LogP contribution in [0.15, 0.2) is 29.2 Å². The Hall–Kier alpha value is -1.20. The van der Waals surface area contributed by atoms with Gasteiger partial charge in [-0.15, -0.1) is 11.8 Å². The van der Waals surface area contributed by atoms with Gasteiger partial charge in [0.1, 0.15) is 5.75 Å². The molecular weight excluding hydrogens is 320 g/mol. The van der Waals surface area contributed by atoms with Gasteiger partial charge in [0.05, 0.1) is 12.4 Å². The summed E-state index contributed by atoms with van der Waals surface area (Å²) >= 11 is 1.58. The molecule has 0 bridgehead atoms. The summed E-state index contributed by atoms with van der Waals surface area (Å²) in [5.41, 5.74) is 0. The number of piperidine rings is 1. The molecule has 1 aromatic carbocycles. The van der Waals surface area contributed by atoms with Crippen molar-refractivity contribution in [2.75, 3.05) is 26.7 Å². The number of amides is 1. The highest BCUT2D eigenvalue weighted by molar-refractivity contribution is 8.00. The molecule has 1 aliphatic heterocycles. The minimum atomic E-state index is -0.0943. The number of nitrogens with zero attached hydrogens (tertiary/aromatic N) is 1. The molecule has 2 atom stereocenters. The zero-order valence-electron chi connectivity index (χ0n) is 15.2. The molecule has 0 aliphatic carbocycles. The highest BCUT2D eigenvalue weighted by Gasteiger charge is 2.23. The van der Waals surface area contributed by atoms with Crippen molar-refractivity contribution >= 4 is 17.7 Å². The third-order valence-corrected chi connectivity index (χ3v) is 5.70. The molecular formula is C19H30N2O2S. The van der Waals surface area contributed by atoms with Crippen LogP contribution in [-0.4, -0.2) is 48.8 Å². The molecule has 5 heteroatoms. The van der Waals surface area contributed by atoms with Crippen LogP contribution in [0, 0.1) is 5.92 Å². The van der Waals surface area contributed by atoms with Gasteiger partial charge in [-0.1, -0.05) is 0 Å². The van der Waals surface area contributed by atoms with E-state index in [4.69, 9.17) is 4.74 Å². The smallest absolute Gasteiger partial charge is 0.233 e. The van der Waals surface area contributed by atoms with Crippen LogP contribution in [0.25, 0.3) is 0 Å². The Kier molecular flexibility index (Phi) is 7.43. The molecule has 0 spiro atoms. The number of thioether (sulfide) groups is 1. The number of methoxy groups -OCH3 is 1. The fourth-order valence-corrected chi connectivity index (χ4v) is 3.93. The lowest BCUT2D eigenvalue weighted by molar-refractivity contribution is -0.120. The Morgan fingerprint density at radius 3 is 2.67 bits per heavy atom. The van der Waals surface area contributed by atoms with Gasteiger partial charge in [-0.2, -0.15) is 0 Å². The summed E-state index contributed by atoms with van der Waals surface area (Å²) < 4.78 is 5.16. The van der Waals surface area contributed by atoms with Crippen LogP contribution in [0.5, 0.6) is 5.75 Å².